The molecule has 1 atom stereocenters. The van der Waals surface area contributed by atoms with Crippen LogP contribution in [0, 0.1) is 6.92 Å². The van der Waals surface area contributed by atoms with E-state index in [1.807, 2.05) is 20.8 Å². The second kappa shape index (κ2) is 9.87. The zero-order valence-electron chi connectivity index (χ0n) is 19.4. The van der Waals surface area contributed by atoms with Crippen molar-refractivity contribution in [3.8, 4) is 11.5 Å². The summed E-state index contributed by atoms with van der Waals surface area (Å²) in [6.07, 6.45) is 1.51. The molecular weight excluding hydrogens is 434 g/mol. The highest BCUT2D eigenvalue weighted by molar-refractivity contribution is 6.46. The van der Waals surface area contributed by atoms with E-state index in [2.05, 4.69) is 0 Å². The summed E-state index contributed by atoms with van der Waals surface area (Å²) in [5, 5.41) is 11.3. The first-order chi connectivity index (χ1) is 16.4. The Bertz CT molecular complexity index is 1210. The number of ketones is 1. The number of carbonyl (C=O) groups is 2. The Morgan fingerprint density at radius 3 is 2.38 bits per heavy atom. The highest BCUT2D eigenvalue weighted by atomic mass is 16.5. The summed E-state index contributed by atoms with van der Waals surface area (Å²) >= 11 is 0. The fourth-order valence-corrected chi connectivity index (χ4v) is 4.14. The lowest BCUT2D eigenvalue weighted by atomic mass is 9.94. The van der Waals surface area contributed by atoms with Crippen LogP contribution in [0.15, 0.2) is 70.9 Å². The normalized spacial score (nSPS) is 17.3. The van der Waals surface area contributed by atoms with Crippen molar-refractivity contribution < 1.29 is 28.6 Å². The van der Waals surface area contributed by atoms with E-state index in [-0.39, 0.29) is 17.9 Å². The number of hydrogen-bond donors (Lipinski definition) is 1. The zero-order chi connectivity index (χ0) is 24.2. The summed E-state index contributed by atoms with van der Waals surface area (Å²) < 4.78 is 16.5. The largest absolute Gasteiger partial charge is 0.507 e. The lowest BCUT2D eigenvalue weighted by Gasteiger charge is -2.24. The summed E-state index contributed by atoms with van der Waals surface area (Å²) in [6, 6.07) is 15.0. The van der Waals surface area contributed by atoms with Gasteiger partial charge < -0.3 is 23.9 Å². The molecule has 1 aliphatic rings. The molecule has 1 N–H and O–H groups in total. The van der Waals surface area contributed by atoms with E-state index in [9.17, 15) is 14.7 Å². The second-order valence-electron chi connectivity index (χ2n) is 7.92. The van der Waals surface area contributed by atoms with Gasteiger partial charge in [0.2, 0.25) is 0 Å². The second-order valence-corrected chi connectivity index (χ2v) is 7.92. The number of aliphatic hydroxyl groups excluding tert-OH is 1. The van der Waals surface area contributed by atoms with Gasteiger partial charge >= 0.3 is 0 Å². The Balaban J connectivity index is 1.82. The van der Waals surface area contributed by atoms with E-state index in [1.54, 1.807) is 54.6 Å². The number of amides is 1. The van der Waals surface area contributed by atoms with E-state index < -0.39 is 17.7 Å². The number of benzene rings is 2. The fourth-order valence-electron chi connectivity index (χ4n) is 4.14. The van der Waals surface area contributed by atoms with Crippen LogP contribution in [-0.4, -0.2) is 34.9 Å². The predicted octanol–water partition coefficient (Wildman–Crippen LogP) is 5.01. The maximum Gasteiger partial charge on any atom is 0.296 e. The van der Waals surface area contributed by atoms with E-state index in [0.29, 0.717) is 41.6 Å². The van der Waals surface area contributed by atoms with Gasteiger partial charge in [0.25, 0.3) is 11.7 Å². The third kappa shape index (κ3) is 4.41. The molecule has 0 aliphatic carbocycles. The Morgan fingerprint density at radius 2 is 1.76 bits per heavy atom. The van der Waals surface area contributed by atoms with Gasteiger partial charge in [0.05, 0.1) is 37.6 Å². The molecule has 1 aromatic heterocycles. The number of aliphatic hydroxyl groups is 1. The monoisotopic (exact) mass is 461 g/mol. The smallest absolute Gasteiger partial charge is 0.296 e. The lowest BCUT2D eigenvalue weighted by molar-refractivity contribution is -0.140. The van der Waals surface area contributed by atoms with Crippen molar-refractivity contribution in [3.05, 3.63) is 88.9 Å². The third-order valence-corrected chi connectivity index (χ3v) is 5.70. The van der Waals surface area contributed by atoms with Crippen molar-refractivity contribution in [2.24, 2.45) is 0 Å². The Kier molecular flexibility index (Phi) is 6.72. The number of rotatable bonds is 8. The summed E-state index contributed by atoms with van der Waals surface area (Å²) in [5.41, 5.74) is 1.96. The number of likely N-dealkylation sites (tertiary alicyclic amines) is 1. The van der Waals surface area contributed by atoms with E-state index in [4.69, 9.17) is 13.9 Å². The average Bonchev–Trinajstić information content (AvgIpc) is 3.43. The molecule has 0 saturated carbocycles. The highest BCUT2D eigenvalue weighted by Gasteiger charge is 2.46. The van der Waals surface area contributed by atoms with Crippen LogP contribution in [0.5, 0.6) is 11.5 Å². The molecule has 1 aliphatic heterocycles. The quantitative estimate of drug-likeness (QED) is 0.288. The molecule has 34 heavy (non-hydrogen) atoms. The molecule has 4 rings (SSSR count). The van der Waals surface area contributed by atoms with Crippen LogP contribution < -0.4 is 9.47 Å². The molecule has 1 saturated heterocycles. The van der Waals surface area contributed by atoms with Gasteiger partial charge in [0.1, 0.15) is 23.0 Å². The van der Waals surface area contributed by atoms with Gasteiger partial charge in [0.15, 0.2) is 0 Å². The van der Waals surface area contributed by atoms with Crippen molar-refractivity contribution in [1.29, 1.82) is 0 Å². The van der Waals surface area contributed by atoms with Crippen molar-refractivity contribution in [2.45, 2.75) is 33.4 Å². The Hall–Kier alpha value is -4.00. The minimum absolute atomic E-state index is 0.0317. The van der Waals surface area contributed by atoms with Crippen molar-refractivity contribution in [2.75, 3.05) is 13.2 Å². The van der Waals surface area contributed by atoms with Gasteiger partial charge in [0, 0.05) is 5.56 Å². The number of hydrogen-bond acceptors (Lipinski definition) is 6. The Labute approximate surface area is 198 Å². The van der Waals surface area contributed by atoms with E-state index >= 15 is 0 Å². The average molecular weight is 462 g/mol. The fraction of sp³-hybridized carbons (Fsp3) is 0.259. The number of carbonyl (C=O) groups excluding carboxylic acids is 2. The molecule has 7 heteroatoms. The van der Waals surface area contributed by atoms with Crippen molar-refractivity contribution >= 4 is 17.4 Å². The van der Waals surface area contributed by atoms with Crippen molar-refractivity contribution in [3.63, 3.8) is 0 Å². The van der Waals surface area contributed by atoms with E-state index in [1.165, 1.54) is 11.2 Å². The molecule has 0 bridgehead atoms. The minimum Gasteiger partial charge on any atom is -0.507 e. The van der Waals surface area contributed by atoms with Gasteiger partial charge in [-0.3, -0.25) is 9.59 Å². The number of nitrogens with zero attached hydrogens (tertiary/aromatic N) is 1. The maximum atomic E-state index is 13.2. The molecule has 3 aromatic rings. The molecule has 2 aromatic carbocycles. The molecule has 7 nitrogen and oxygen atoms in total. The topological polar surface area (TPSA) is 89.2 Å². The van der Waals surface area contributed by atoms with Crippen LogP contribution in [-0.2, 0) is 16.1 Å². The molecule has 176 valence electrons. The number of aryl methyl sites for hydroxylation is 1. The van der Waals surface area contributed by atoms with Crippen LogP contribution in [0.3, 0.4) is 0 Å². The molecular formula is C27H27NO6. The van der Waals surface area contributed by atoms with Crippen LogP contribution in [0.1, 0.15) is 42.3 Å². The molecule has 2 heterocycles. The number of Topliss-reactive ketones (excluding diaryl/α,β-unsaturated/α-hetero) is 1. The molecule has 1 unspecified atom stereocenters. The molecule has 1 amide bonds. The summed E-state index contributed by atoms with van der Waals surface area (Å²) in [5.74, 6) is 0.241. The lowest BCUT2D eigenvalue weighted by Crippen LogP contribution is -2.29. The van der Waals surface area contributed by atoms with Crippen molar-refractivity contribution in [1.82, 2.24) is 4.90 Å². The zero-order valence-corrected chi connectivity index (χ0v) is 19.4. The van der Waals surface area contributed by atoms with E-state index in [0.717, 1.165) is 5.56 Å². The van der Waals surface area contributed by atoms with Gasteiger partial charge in [-0.05, 0) is 74.4 Å². The van der Waals surface area contributed by atoms with Gasteiger partial charge in [-0.2, -0.15) is 0 Å². The molecule has 0 spiro atoms. The predicted molar refractivity (Wildman–Crippen MR) is 127 cm³/mol. The van der Waals surface area contributed by atoms with Gasteiger partial charge in [-0.15, -0.1) is 0 Å². The highest BCUT2D eigenvalue weighted by Crippen LogP contribution is 2.41. The first-order valence-electron chi connectivity index (χ1n) is 11.2. The summed E-state index contributed by atoms with van der Waals surface area (Å²) in [4.78, 5) is 27.7. The summed E-state index contributed by atoms with van der Waals surface area (Å²) in [7, 11) is 0. The summed E-state index contributed by atoms with van der Waals surface area (Å²) in [6.45, 7) is 6.78. The SMILES string of the molecule is CCOc1ccc(C2/C(=C(/O)c3ccc(OCC)c(C)c3)C(=O)C(=O)N2Cc2ccco2)cc1. The van der Waals surface area contributed by atoms with Crippen LogP contribution in [0.2, 0.25) is 0 Å². The Morgan fingerprint density at radius 1 is 1.03 bits per heavy atom. The standard InChI is InChI=1S/C27H27NO6/c1-4-32-20-11-8-18(9-12-20)24-23(25(29)19-10-13-22(33-5-2)17(3)15-19)26(30)27(31)28(24)16-21-7-6-14-34-21/h6-15,24,29H,4-5,16H2,1-3H3/b25-23-. The van der Waals surface area contributed by atoms with Crippen LogP contribution in [0.25, 0.3) is 5.76 Å². The maximum absolute atomic E-state index is 13.2. The molecule has 1 fully saturated rings. The first-order valence-corrected chi connectivity index (χ1v) is 11.2. The third-order valence-electron chi connectivity index (χ3n) is 5.70. The van der Waals surface area contributed by atoms with Gasteiger partial charge in [-0.25, -0.2) is 0 Å². The van der Waals surface area contributed by atoms with Crippen LogP contribution >= 0.6 is 0 Å². The van der Waals surface area contributed by atoms with Crippen LogP contribution in [0.4, 0.5) is 0 Å². The molecule has 0 radical (unpaired) electrons. The van der Waals surface area contributed by atoms with Gasteiger partial charge in [-0.1, -0.05) is 12.1 Å². The minimum atomic E-state index is -0.785. The first kappa shape index (κ1) is 23.2. The number of ether oxygens (including phenoxy) is 2. The number of furan rings is 1.